The number of hydrogen-bond donors (Lipinski definition) is 4. The van der Waals surface area contributed by atoms with Crippen molar-refractivity contribution in [1.29, 1.82) is 0 Å². The molecule has 0 saturated carbocycles. The van der Waals surface area contributed by atoms with E-state index in [4.69, 9.17) is 16.3 Å². The number of nitrogens with one attached hydrogen (secondary N) is 4. The van der Waals surface area contributed by atoms with Gasteiger partial charge in [-0.2, -0.15) is 15.0 Å². The van der Waals surface area contributed by atoms with Gasteiger partial charge in [-0.3, -0.25) is 9.88 Å². The van der Waals surface area contributed by atoms with Crippen molar-refractivity contribution >= 4 is 63.1 Å². The second kappa shape index (κ2) is 12.9. The maximum Gasteiger partial charge on any atom is 0.233 e. The lowest BCUT2D eigenvalue weighted by Gasteiger charge is -2.26. The second-order valence-corrected chi connectivity index (χ2v) is 10.1. The van der Waals surface area contributed by atoms with Crippen LogP contribution in [0, 0.1) is 5.82 Å². The quantitative estimate of drug-likeness (QED) is 0.151. The zero-order valence-corrected chi connectivity index (χ0v) is 23.4. The number of benzene rings is 3. The molecule has 0 amide bonds. The Morgan fingerprint density at radius 1 is 0.762 bits per heavy atom. The summed E-state index contributed by atoms with van der Waals surface area (Å²) in [7, 11) is 0. The fourth-order valence-electron chi connectivity index (χ4n) is 4.53. The normalized spacial score (nSPS) is 13.6. The molecule has 2 aromatic heterocycles. The first kappa shape index (κ1) is 27.6. The highest BCUT2D eigenvalue weighted by Crippen LogP contribution is 2.28. The first-order chi connectivity index (χ1) is 20.6. The lowest BCUT2D eigenvalue weighted by Crippen LogP contribution is -2.39. The molecule has 3 heterocycles. The minimum atomic E-state index is -0.316. The van der Waals surface area contributed by atoms with E-state index in [1.807, 2.05) is 48.5 Å². The first-order valence-corrected chi connectivity index (χ1v) is 14.0. The van der Waals surface area contributed by atoms with Gasteiger partial charge in [0.1, 0.15) is 5.82 Å². The fraction of sp³-hybridized carbons (Fsp3) is 0.200. The molecular weight excluding hydrogens is 557 g/mol. The maximum absolute atomic E-state index is 13.4. The third-order valence-corrected chi connectivity index (χ3v) is 6.91. The molecular formula is C30H29ClFN9O. The summed E-state index contributed by atoms with van der Waals surface area (Å²) >= 11 is 6.13. The van der Waals surface area contributed by atoms with Gasteiger partial charge in [0.25, 0.3) is 0 Å². The van der Waals surface area contributed by atoms with Crippen molar-refractivity contribution in [3.63, 3.8) is 0 Å². The first-order valence-electron chi connectivity index (χ1n) is 13.6. The highest BCUT2D eigenvalue weighted by molar-refractivity contribution is 6.31. The van der Waals surface area contributed by atoms with Gasteiger partial charge in [-0.15, -0.1) is 0 Å². The van der Waals surface area contributed by atoms with Gasteiger partial charge in [0.2, 0.25) is 17.8 Å². The van der Waals surface area contributed by atoms with E-state index in [-0.39, 0.29) is 5.82 Å². The van der Waals surface area contributed by atoms with Gasteiger partial charge in [-0.05, 0) is 72.8 Å². The van der Waals surface area contributed by atoms with Crippen LogP contribution in [0.4, 0.5) is 45.0 Å². The number of anilines is 7. The summed E-state index contributed by atoms with van der Waals surface area (Å²) in [6, 6.07) is 21.4. The Morgan fingerprint density at radius 2 is 1.38 bits per heavy atom. The molecule has 1 saturated heterocycles. The molecule has 0 radical (unpaired) electrons. The van der Waals surface area contributed by atoms with E-state index in [0.29, 0.717) is 35.1 Å². The number of hydrogen-bond acceptors (Lipinski definition) is 10. The van der Waals surface area contributed by atoms with Crippen LogP contribution in [0.3, 0.4) is 0 Å². The largest absolute Gasteiger partial charge is 0.379 e. The van der Waals surface area contributed by atoms with E-state index >= 15 is 0 Å². The van der Waals surface area contributed by atoms with Crippen LogP contribution in [-0.2, 0) is 4.74 Å². The molecule has 4 N–H and O–H groups in total. The predicted molar refractivity (Wildman–Crippen MR) is 165 cm³/mol. The summed E-state index contributed by atoms with van der Waals surface area (Å²) in [6.45, 7) is 4.80. The Bertz CT molecular complexity index is 1650. The van der Waals surface area contributed by atoms with E-state index in [1.165, 1.54) is 12.1 Å². The smallest absolute Gasteiger partial charge is 0.233 e. The number of morpholine rings is 1. The van der Waals surface area contributed by atoms with E-state index < -0.39 is 0 Å². The summed E-state index contributed by atoms with van der Waals surface area (Å²) in [5, 5.41) is 14.8. The van der Waals surface area contributed by atoms with Crippen LogP contribution in [0.25, 0.3) is 10.9 Å². The van der Waals surface area contributed by atoms with Crippen LogP contribution in [0.5, 0.6) is 0 Å². The zero-order chi connectivity index (χ0) is 28.7. The van der Waals surface area contributed by atoms with Crippen LogP contribution in [0.1, 0.15) is 0 Å². The molecule has 1 aliphatic heterocycles. The number of aromatic nitrogens is 4. The zero-order valence-electron chi connectivity index (χ0n) is 22.6. The van der Waals surface area contributed by atoms with Crippen LogP contribution < -0.4 is 21.3 Å². The molecule has 12 heteroatoms. The van der Waals surface area contributed by atoms with Crippen LogP contribution in [0.2, 0.25) is 5.02 Å². The van der Waals surface area contributed by atoms with E-state index in [2.05, 4.69) is 46.1 Å². The number of nitrogens with zero attached hydrogens (tertiary/aromatic N) is 5. The molecule has 42 heavy (non-hydrogen) atoms. The lowest BCUT2D eigenvalue weighted by atomic mass is 10.2. The lowest BCUT2D eigenvalue weighted by molar-refractivity contribution is 0.0398. The van der Waals surface area contributed by atoms with Crippen molar-refractivity contribution in [3.05, 3.63) is 89.8 Å². The Hall–Kier alpha value is -4.58. The molecule has 1 aliphatic rings. The molecule has 5 aromatic rings. The highest BCUT2D eigenvalue weighted by Gasteiger charge is 2.12. The molecule has 214 valence electrons. The van der Waals surface area contributed by atoms with Gasteiger partial charge in [0.05, 0.1) is 18.7 Å². The summed E-state index contributed by atoms with van der Waals surface area (Å²) in [4.78, 5) is 20.4. The van der Waals surface area contributed by atoms with Gasteiger partial charge in [-0.1, -0.05) is 11.6 Å². The summed E-state index contributed by atoms with van der Waals surface area (Å²) < 4.78 is 18.8. The monoisotopic (exact) mass is 585 g/mol. The average Bonchev–Trinajstić information content (AvgIpc) is 3.00. The van der Waals surface area contributed by atoms with Crippen molar-refractivity contribution in [2.24, 2.45) is 0 Å². The molecule has 0 spiro atoms. The molecule has 10 nitrogen and oxygen atoms in total. The van der Waals surface area contributed by atoms with Gasteiger partial charge in [-0.25, -0.2) is 4.39 Å². The average molecular weight is 586 g/mol. The van der Waals surface area contributed by atoms with E-state index in [9.17, 15) is 4.39 Å². The van der Waals surface area contributed by atoms with Gasteiger partial charge in [0.15, 0.2) is 0 Å². The number of fused-ring (bicyclic) bond motifs is 1. The standard InChI is InChI=1S/C30H29ClFN9O/c31-20-1-10-25-26(11-12-33-27(25)19-20)35-22-6-8-24(9-7-22)37-30-39-28(34-13-14-41-15-17-42-18-16-41)38-29(40-30)36-23-4-2-21(32)3-5-23/h1-12,19H,13-18H2,(H,33,35)(H3,34,36,37,38,39,40). The molecule has 0 aliphatic carbocycles. The molecule has 3 aromatic carbocycles. The van der Waals surface area contributed by atoms with Crippen molar-refractivity contribution in [2.75, 3.05) is 60.7 Å². The van der Waals surface area contributed by atoms with Crippen molar-refractivity contribution in [2.45, 2.75) is 0 Å². The molecule has 6 rings (SSSR count). The second-order valence-electron chi connectivity index (χ2n) is 9.67. The van der Waals surface area contributed by atoms with Crippen molar-refractivity contribution in [3.8, 4) is 0 Å². The maximum atomic E-state index is 13.4. The van der Waals surface area contributed by atoms with Gasteiger partial charge >= 0.3 is 0 Å². The minimum absolute atomic E-state index is 0.316. The Kier molecular flexibility index (Phi) is 8.50. The third kappa shape index (κ3) is 7.19. The molecule has 1 fully saturated rings. The van der Waals surface area contributed by atoms with Gasteiger partial charge < -0.3 is 26.0 Å². The van der Waals surface area contributed by atoms with Gasteiger partial charge in [0, 0.05) is 65.5 Å². The molecule has 0 bridgehead atoms. The highest BCUT2D eigenvalue weighted by atomic mass is 35.5. The fourth-order valence-corrected chi connectivity index (χ4v) is 4.70. The van der Waals surface area contributed by atoms with E-state index in [0.717, 1.165) is 60.8 Å². The van der Waals surface area contributed by atoms with Crippen LogP contribution >= 0.6 is 11.6 Å². The number of rotatable bonds is 10. The van der Waals surface area contributed by atoms with E-state index in [1.54, 1.807) is 18.3 Å². The summed E-state index contributed by atoms with van der Waals surface area (Å²) in [5.41, 5.74) is 4.11. The van der Waals surface area contributed by atoms with Crippen molar-refractivity contribution in [1.82, 2.24) is 24.8 Å². The van der Waals surface area contributed by atoms with Crippen LogP contribution in [0.15, 0.2) is 79.0 Å². The predicted octanol–water partition coefficient (Wildman–Crippen LogP) is 6.19. The molecule has 0 atom stereocenters. The number of ether oxygens (including phenoxy) is 1. The minimum Gasteiger partial charge on any atom is -0.379 e. The SMILES string of the molecule is Fc1ccc(Nc2nc(NCCN3CCOCC3)nc(Nc3ccc(Nc4ccnc5cc(Cl)ccc45)cc3)n2)cc1. The number of pyridine rings is 1. The van der Waals surface area contributed by atoms with Crippen molar-refractivity contribution < 1.29 is 9.13 Å². The Balaban J connectivity index is 1.17. The Labute approximate surface area is 247 Å². The Morgan fingerprint density at radius 3 is 2.07 bits per heavy atom. The summed E-state index contributed by atoms with van der Waals surface area (Å²) in [5.74, 6) is 0.800. The summed E-state index contributed by atoms with van der Waals surface area (Å²) in [6.07, 6.45) is 1.75. The third-order valence-electron chi connectivity index (χ3n) is 6.68. The molecule has 0 unspecified atom stereocenters. The van der Waals surface area contributed by atoms with Crippen LogP contribution in [-0.4, -0.2) is 64.2 Å². The number of halogens is 2. The topological polar surface area (TPSA) is 112 Å².